The second kappa shape index (κ2) is 7.27. The summed E-state index contributed by atoms with van der Waals surface area (Å²) in [5.41, 5.74) is 9.34. The average molecular weight is 365 g/mol. The van der Waals surface area contributed by atoms with Gasteiger partial charge in [-0.05, 0) is 57.1 Å². The largest absolute Gasteiger partial charge is 0.397 e. The molecule has 1 unspecified atom stereocenters. The molecule has 6 heteroatoms. The molecule has 27 heavy (non-hydrogen) atoms. The van der Waals surface area contributed by atoms with Crippen LogP contribution in [-0.2, 0) is 11.2 Å². The van der Waals surface area contributed by atoms with Gasteiger partial charge in [0.2, 0.25) is 5.91 Å². The van der Waals surface area contributed by atoms with E-state index in [4.69, 9.17) is 5.73 Å². The number of anilines is 1. The van der Waals surface area contributed by atoms with Crippen LogP contribution in [0, 0.1) is 5.41 Å². The Labute approximate surface area is 160 Å². The van der Waals surface area contributed by atoms with Crippen molar-refractivity contribution in [3.63, 3.8) is 0 Å². The average Bonchev–Trinajstić information content (AvgIpc) is 3.07. The lowest BCUT2D eigenvalue weighted by Crippen LogP contribution is -2.43. The minimum absolute atomic E-state index is 0.127. The highest BCUT2D eigenvalue weighted by atomic mass is 16.2. The second-order valence-electron chi connectivity index (χ2n) is 8.06. The Morgan fingerprint density at radius 2 is 2.11 bits per heavy atom. The van der Waals surface area contributed by atoms with Crippen molar-refractivity contribution >= 4 is 11.6 Å². The number of aromatic nitrogens is 2. The number of hydrogen-bond acceptors (Lipinski definition) is 5. The van der Waals surface area contributed by atoms with Crippen molar-refractivity contribution < 1.29 is 4.79 Å². The van der Waals surface area contributed by atoms with Gasteiger partial charge in [-0.25, -0.2) is 0 Å². The molecule has 4 heterocycles. The van der Waals surface area contributed by atoms with Crippen molar-refractivity contribution in [2.45, 2.75) is 25.7 Å². The highest BCUT2D eigenvalue weighted by molar-refractivity contribution is 5.80. The molecule has 0 aliphatic carbocycles. The van der Waals surface area contributed by atoms with Gasteiger partial charge in [0.05, 0.1) is 23.5 Å². The number of amides is 1. The van der Waals surface area contributed by atoms with Crippen LogP contribution in [0.5, 0.6) is 0 Å². The van der Waals surface area contributed by atoms with E-state index in [1.807, 2.05) is 29.2 Å². The normalized spacial score (nSPS) is 23.1. The molecule has 2 aromatic rings. The summed E-state index contributed by atoms with van der Waals surface area (Å²) in [6.07, 6.45) is 7.30. The van der Waals surface area contributed by atoms with Gasteiger partial charge in [0, 0.05) is 43.0 Å². The predicted octanol–water partition coefficient (Wildman–Crippen LogP) is 2.21. The van der Waals surface area contributed by atoms with Crippen LogP contribution in [0.2, 0.25) is 0 Å². The molecule has 2 aliphatic heterocycles. The fourth-order valence-electron chi connectivity index (χ4n) is 4.52. The SMILES string of the molecule is CN1CCCC2(CCN(C(=O)Cc3nc(-c4cccnc4)ccc3N)C2)C1. The maximum absolute atomic E-state index is 12.9. The number of likely N-dealkylation sites (tertiary alicyclic amines) is 2. The smallest absolute Gasteiger partial charge is 0.228 e. The Balaban J connectivity index is 1.47. The molecule has 1 atom stereocenters. The van der Waals surface area contributed by atoms with Gasteiger partial charge in [-0.3, -0.25) is 14.8 Å². The molecule has 0 radical (unpaired) electrons. The van der Waals surface area contributed by atoms with Crippen molar-refractivity contribution in [2.75, 3.05) is 39.0 Å². The molecule has 4 rings (SSSR count). The van der Waals surface area contributed by atoms with Crippen LogP contribution < -0.4 is 5.73 Å². The number of carbonyl (C=O) groups excluding carboxylic acids is 1. The molecule has 2 fully saturated rings. The summed E-state index contributed by atoms with van der Waals surface area (Å²) in [7, 11) is 2.18. The van der Waals surface area contributed by atoms with Crippen LogP contribution in [0.15, 0.2) is 36.7 Å². The second-order valence-corrected chi connectivity index (χ2v) is 8.06. The van der Waals surface area contributed by atoms with Gasteiger partial charge in [-0.1, -0.05) is 0 Å². The summed E-state index contributed by atoms with van der Waals surface area (Å²) in [6, 6.07) is 7.55. The number of rotatable bonds is 3. The van der Waals surface area contributed by atoms with Crippen molar-refractivity contribution in [2.24, 2.45) is 5.41 Å². The van der Waals surface area contributed by atoms with E-state index in [-0.39, 0.29) is 17.7 Å². The standard InChI is InChI=1S/C21H27N5O/c1-25-10-3-7-21(14-25)8-11-26(15-21)20(27)12-19-17(22)5-6-18(24-19)16-4-2-9-23-13-16/h2,4-6,9,13H,3,7-8,10-12,14-15,22H2,1H3. The van der Waals surface area contributed by atoms with E-state index in [9.17, 15) is 4.79 Å². The third-order valence-corrected chi connectivity index (χ3v) is 5.93. The lowest BCUT2D eigenvalue weighted by Gasteiger charge is -2.38. The summed E-state index contributed by atoms with van der Waals surface area (Å²) in [5, 5.41) is 0. The van der Waals surface area contributed by atoms with Crippen molar-refractivity contribution in [1.82, 2.24) is 19.8 Å². The first-order chi connectivity index (χ1) is 13.0. The number of nitrogen functional groups attached to an aromatic ring is 1. The van der Waals surface area contributed by atoms with Gasteiger partial charge in [0.25, 0.3) is 0 Å². The highest BCUT2D eigenvalue weighted by Crippen LogP contribution is 2.38. The van der Waals surface area contributed by atoms with E-state index in [0.29, 0.717) is 11.4 Å². The summed E-state index contributed by atoms with van der Waals surface area (Å²) in [4.78, 5) is 26.1. The fraction of sp³-hybridized carbons (Fsp3) is 0.476. The van der Waals surface area contributed by atoms with Crippen LogP contribution >= 0.6 is 0 Å². The Morgan fingerprint density at radius 3 is 2.89 bits per heavy atom. The van der Waals surface area contributed by atoms with E-state index in [1.165, 1.54) is 12.8 Å². The zero-order valence-electron chi connectivity index (χ0n) is 15.9. The number of carbonyl (C=O) groups is 1. The first-order valence-electron chi connectivity index (χ1n) is 9.67. The Bertz CT molecular complexity index is 825. The molecule has 0 bridgehead atoms. The number of piperidine rings is 1. The van der Waals surface area contributed by atoms with E-state index in [2.05, 4.69) is 21.9 Å². The minimum Gasteiger partial charge on any atom is -0.397 e. The highest BCUT2D eigenvalue weighted by Gasteiger charge is 2.41. The molecule has 2 aromatic heterocycles. The maximum Gasteiger partial charge on any atom is 0.228 e. The lowest BCUT2D eigenvalue weighted by molar-refractivity contribution is -0.130. The predicted molar refractivity (Wildman–Crippen MR) is 106 cm³/mol. The molecule has 142 valence electrons. The van der Waals surface area contributed by atoms with Crippen LogP contribution in [0.3, 0.4) is 0 Å². The van der Waals surface area contributed by atoms with Gasteiger partial charge in [-0.2, -0.15) is 0 Å². The molecule has 2 saturated heterocycles. The Morgan fingerprint density at radius 1 is 1.22 bits per heavy atom. The molecule has 2 aliphatic rings. The van der Waals surface area contributed by atoms with Crippen molar-refractivity contribution in [1.29, 1.82) is 0 Å². The lowest BCUT2D eigenvalue weighted by atomic mass is 9.79. The van der Waals surface area contributed by atoms with Gasteiger partial charge in [0.15, 0.2) is 0 Å². The maximum atomic E-state index is 12.9. The summed E-state index contributed by atoms with van der Waals surface area (Å²) in [6.45, 7) is 3.96. The number of hydrogen-bond donors (Lipinski definition) is 1. The summed E-state index contributed by atoms with van der Waals surface area (Å²) in [5.74, 6) is 0.127. The molecule has 0 aromatic carbocycles. The monoisotopic (exact) mass is 365 g/mol. The Hall–Kier alpha value is -2.47. The molecular formula is C21H27N5O. The van der Waals surface area contributed by atoms with Gasteiger partial charge < -0.3 is 15.5 Å². The first-order valence-corrected chi connectivity index (χ1v) is 9.67. The topological polar surface area (TPSA) is 75.3 Å². The third kappa shape index (κ3) is 3.81. The van der Waals surface area contributed by atoms with Crippen LogP contribution in [0.4, 0.5) is 5.69 Å². The van der Waals surface area contributed by atoms with Gasteiger partial charge >= 0.3 is 0 Å². The van der Waals surface area contributed by atoms with Crippen molar-refractivity contribution in [3.05, 3.63) is 42.4 Å². The minimum atomic E-state index is 0.127. The first kappa shape index (κ1) is 17.9. The van der Waals surface area contributed by atoms with Crippen LogP contribution in [0.25, 0.3) is 11.3 Å². The quantitative estimate of drug-likeness (QED) is 0.903. The zero-order chi connectivity index (χ0) is 18.9. The van der Waals surface area contributed by atoms with E-state index in [0.717, 1.165) is 43.9 Å². The fourth-order valence-corrected chi connectivity index (χ4v) is 4.52. The molecule has 2 N–H and O–H groups in total. The third-order valence-electron chi connectivity index (χ3n) is 5.93. The van der Waals surface area contributed by atoms with Gasteiger partial charge in [0.1, 0.15) is 0 Å². The zero-order valence-corrected chi connectivity index (χ0v) is 15.9. The number of nitrogens with two attached hydrogens (primary N) is 1. The van der Waals surface area contributed by atoms with E-state index in [1.54, 1.807) is 12.4 Å². The number of pyridine rings is 2. The molecule has 0 saturated carbocycles. The summed E-state index contributed by atoms with van der Waals surface area (Å²) < 4.78 is 0. The Kier molecular flexibility index (Phi) is 4.83. The summed E-state index contributed by atoms with van der Waals surface area (Å²) >= 11 is 0. The van der Waals surface area contributed by atoms with E-state index < -0.39 is 0 Å². The van der Waals surface area contributed by atoms with E-state index >= 15 is 0 Å². The molecule has 6 nitrogen and oxygen atoms in total. The van der Waals surface area contributed by atoms with Crippen molar-refractivity contribution in [3.8, 4) is 11.3 Å². The molecular weight excluding hydrogens is 338 g/mol. The van der Waals surface area contributed by atoms with Gasteiger partial charge in [-0.15, -0.1) is 0 Å². The van der Waals surface area contributed by atoms with Crippen LogP contribution in [0.1, 0.15) is 25.0 Å². The number of nitrogens with zero attached hydrogens (tertiary/aromatic N) is 4. The van der Waals surface area contributed by atoms with Crippen LogP contribution in [-0.4, -0.2) is 58.9 Å². The molecule has 1 spiro atoms. The molecule has 1 amide bonds.